The number of rotatable bonds is 3. The highest BCUT2D eigenvalue weighted by molar-refractivity contribution is 5.55. The van der Waals surface area contributed by atoms with Gasteiger partial charge in [0.15, 0.2) is 0 Å². The average Bonchev–Trinajstić information content (AvgIpc) is 2.83. The molecule has 3 aromatic rings. The Morgan fingerprint density at radius 1 is 0.875 bits per heavy atom. The van der Waals surface area contributed by atoms with E-state index in [1.165, 1.54) is 42.7 Å². The van der Waals surface area contributed by atoms with E-state index >= 15 is 0 Å². The summed E-state index contributed by atoms with van der Waals surface area (Å²) >= 11 is 0. The van der Waals surface area contributed by atoms with Crippen molar-refractivity contribution in [2.45, 2.75) is 24.7 Å². The molecule has 1 spiro atoms. The minimum absolute atomic E-state index is 0.197. The Morgan fingerprint density at radius 3 is 2.38 bits per heavy atom. The number of nitrogens with zero attached hydrogens (tertiary/aromatic N) is 1. The van der Waals surface area contributed by atoms with Gasteiger partial charge in [0.05, 0.1) is 6.61 Å². The highest BCUT2D eigenvalue weighted by atomic mass is 16.5. The Balaban J connectivity index is 1.30. The fourth-order valence-electron chi connectivity index (χ4n) is 5.91. The van der Waals surface area contributed by atoms with Gasteiger partial charge in [0.2, 0.25) is 0 Å². The zero-order valence-electron chi connectivity index (χ0n) is 18.3. The number of ether oxygens (including phenoxy) is 1. The average molecular weight is 427 g/mol. The number of benzene rings is 3. The second-order valence-corrected chi connectivity index (χ2v) is 9.73. The predicted molar refractivity (Wildman–Crippen MR) is 128 cm³/mol. The van der Waals surface area contributed by atoms with Crippen molar-refractivity contribution in [3.8, 4) is 11.5 Å². The van der Waals surface area contributed by atoms with Crippen molar-refractivity contribution in [1.82, 2.24) is 5.32 Å². The molecule has 2 N–H and O–H groups in total. The van der Waals surface area contributed by atoms with Crippen LogP contribution in [0.2, 0.25) is 0 Å². The van der Waals surface area contributed by atoms with E-state index in [1.54, 1.807) is 12.1 Å². The van der Waals surface area contributed by atoms with Crippen LogP contribution in [0.25, 0.3) is 0 Å². The SMILES string of the molecule is Oc1ccc2c(c1)OC[C@H](c1ccccc1)[C@@H]2c1ccc(N2CC3(CCNCC3)C2)cc1. The Labute approximate surface area is 189 Å². The number of nitrogens with one attached hydrogen (secondary N) is 1. The predicted octanol–water partition coefficient (Wildman–Crippen LogP) is 4.89. The highest BCUT2D eigenvalue weighted by Crippen LogP contribution is 2.47. The van der Waals surface area contributed by atoms with Crippen molar-refractivity contribution in [2.24, 2.45) is 5.41 Å². The van der Waals surface area contributed by atoms with Crippen LogP contribution >= 0.6 is 0 Å². The third kappa shape index (κ3) is 3.43. The maximum absolute atomic E-state index is 9.97. The second-order valence-electron chi connectivity index (χ2n) is 9.73. The molecule has 0 aromatic heterocycles. The molecule has 3 aromatic carbocycles. The number of aromatic hydroxyl groups is 1. The summed E-state index contributed by atoms with van der Waals surface area (Å²) in [6, 6.07) is 25.4. The Morgan fingerprint density at radius 2 is 1.62 bits per heavy atom. The van der Waals surface area contributed by atoms with Gasteiger partial charge in [-0.2, -0.15) is 0 Å². The van der Waals surface area contributed by atoms with Gasteiger partial charge in [-0.25, -0.2) is 0 Å². The first-order valence-electron chi connectivity index (χ1n) is 11.8. The van der Waals surface area contributed by atoms with E-state index in [1.807, 2.05) is 6.07 Å². The summed E-state index contributed by atoms with van der Waals surface area (Å²) in [5.74, 6) is 1.48. The maximum atomic E-state index is 9.97. The third-order valence-corrected chi connectivity index (χ3v) is 7.71. The van der Waals surface area contributed by atoms with Crippen LogP contribution in [-0.2, 0) is 0 Å². The van der Waals surface area contributed by atoms with Crippen LogP contribution in [0, 0.1) is 5.41 Å². The maximum Gasteiger partial charge on any atom is 0.126 e. The van der Waals surface area contributed by atoms with Crippen molar-refractivity contribution >= 4 is 5.69 Å². The first-order chi connectivity index (χ1) is 15.7. The topological polar surface area (TPSA) is 44.7 Å². The van der Waals surface area contributed by atoms with E-state index in [2.05, 4.69) is 64.8 Å². The lowest BCUT2D eigenvalue weighted by Gasteiger charge is -2.53. The number of phenols is 1. The van der Waals surface area contributed by atoms with Crippen molar-refractivity contribution in [3.05, 3.63) is 89.5 Å². The zero-order valence-corrected chi connectivity index (χ0v) is 18.3. The molecule has 2 fully saturated rings. The number of fused-ring (bicyclic) bond motifs is 1. The molecule has 3 aliphatic rings. The van der Waals surface area contributed by atoms with Crippen LogP contribution in [0.4, 0.5) is 5.69 Å². The van der Waals surface area contributed by atoms with Crippen LogP contribution in [-0.4, -0.2) is 37.9 Å². The molecule has 0 bridgehead atoms. The van der Waals surface area contributed by atoms with E-state index in [-0.39, 0.29) is 17.6 Å². The fourth-order valence-corrected chi connectivity index (χ4v) is 5.91. The highest BCUT2D eigenvalue weighted by Gasteiger charge is 2.43. The van der Waals surface area contributed by atoms with Crippen LogP contribution in [0.3, 0.4) is 0 Å². The zero-order chi connectivity index (χ0) is 21.5. The van der Waals surface area contributed by atoms with Crippen molar-refractivity contribution in [3.63, 3.8) is 0 Å². The van der Waals surface area contributed by atoms with Gasteiger partial charge < -0.3 is 20.1 Å². The minimum Gasteiger partial charge on any atom is -0.508 e. The van der Waals surface area contributed by atoms with Crippen LogP contribution < -0.4 is 15.0 Å². The first-order valence-corrected chi connectivity index (χ1v) is 11.8. The summed E-state index contributed by atoms with van der Waals surface area (Å²) in [6.45, 7) is 5.29. The summed E-state index contributed by atoms with van der Waals surface area (Å²) < 4.78 is 6.10. The van der Waals surface area contributed by atoms with E-state index in [4.69, 9.17) is 4.74 Å². The lowest BCUT2D eigenvalue weighted by atomic mass is 9.72. The summed E-state index contributed by atoms with van der Waals surface area (Å²) in [7, 11) is 0. The van der Waals surface area contributed by atoms with Gasteiger partial charge in [0.1, 0.15) is 11.5 Å². The van der Waals surface area contributed by atoms with Crippen molar-refractivity contribution in [2.75, 3.05) is 37.7 Å². The molecule has 4 nitrogen and oxygen atoms in total. The van der Waals surface area contributed by atoms with Crippen molar-refractivity contribution in [1.29, 1.82) is 0 Å². The lowest BCUT2D eigenvalue weighted by Crippen LogP contribution is -2.60. The van der Waals surface area contributed by atoms with Crippen molar-refractivity contribution < 1.29 is 9.84 Å². The first kappa shape index (κ1) is 19.7. The molecule has 0 saturated carbocycles. The van der Waals surface area contributed by atoms with Gasteiger partial charge in [-0.05, 0) is 55.3 Å². The van der Waals surface area contributed by atoms with E-state index < -0.39 is 0 Å². The third-order valence-electron chi connectivity index (χ3n) is 7.71. The standard InChI is InChI=1S/C28H30N2O2/c31-23-10-11-24-26(16-23)32-17-25(20-4-2-1-3-5-20)27(24)21-6-8-22(9-7-21)30-18-28(19-30)12-14-29-15-13-28/h1-11,16,25,27,29,31H,12-15,17-19H2/t25-,27-/m1/s1. The van der Waals surface area contributed by atoms with E-state index in [9.17, 15) is 5.11 Å². The minimum atomic E-state index is 0.197. The van der Waals surface area contributed by atoms with Gasteiger partial charge in [-0.3, -0.25) is 0 Å². The molecule has 6 rings (SSSR count). The number of phenolic OH excluding ortho intramolecular Hbond substituents is 1. The molecular weight excluding hydrogens is 396 g/mol. The van der Waals surface area contributed by atoms with Crippen LogP contribution in [0.5, 0.6) is 11.5 Å². The number of hydrogen-bond donors (Lipinski definition) is 2. The quantitative estimate of drug-likeness (QED) is 0.626. The molecule has 2 atom stereocenters. The normalized spacial score (nSPS) is 23.8. The van der Waals surface area contributed by atoms with Gasteiger partial charge >= 0.3 is 0 Å². The number of anilines is 1. The molecule has 2 saturated heterocycles. The van der Waals surface area contributed by atoms with E-state index in [0.717, 1.165) is 24.4 Å². The summed E-state index contributed by atoms with van der Waals surface area (Å²) in [6.07, 6.45) is 2.60. The molecule has 0 unspecified atom stereocenters. The molecule has 0 radical (unpaired) electrons. The van der Waals surface area contributed by atoms with Gasteiger partial charge in [-0.15, -0.1) is 0 Å². The molecule has 164 valence electrons. The largest absolute Gasteiger partial charge is 0.508 e. The second kappa shape index (κ2) is 7.86. The lowest BCUT2D eigenvalue weighted by molar-refractivity contribution is 0.150. The molecule has 0 amide bonds. The molecule has 32 heavy (non-hydrogen) atoms. The molecular formula is C28H30N2O2. The molecule has 3 heterocycles. The fraction of sp³-hybridized carbons (Fsp3) is 0.357. The van der Waals surface area contributed by atoms with Gasteiger partial charge in [0.25, 0.3) is 0 Å². The molecule has 4 heteroatoms. The smallest absolute Gasteiger partial charge is 0.126 e. The number of piperidine rings is 1. The summed E-state index contributed by atoms with van der Waals surface area (Å²) in [5, 5.41) is 13.5. The van der Waals surface area contributed by atoms with Crippen LogP contribution in [0.15, 0.2) is 72.8 Å². The monoisotopic (exact) mass is 426 g/mol. The Kier molecular flexibility index (Phi) is 4.83. The van der Waals surface area contributed by atoms with Gasteiger partial charge in [-0.1, -0.05) is 48.5 Å². The van der Waals surface area contributed by atoms with E-state index in [0.29, 0.717) is 12.0 Å². The molecule has 0 aliphatic carbocycles. The number of hydrogen-bond acceptors (Lipinski definition) is 4. The van der Waals surface area contributed by atoms with Gasteiger partial charge in [0, 0.05) is 47.7 Å². The summed E-state index contributed by atoms with van der Waals surface area (Å²) in [4.78, 5) is 2.53. The molecule has 3 aliphatic heterocycles. The Hall–Kier alpha value is -2.98. The Bertz CT molecular complexity index is 1080. The summed E-state index contributed by atoms with van der Waals surface area (Å²) in [5.41, 5.74) is 5.59. The van der Waals surface area contributed by atoms with Crippen LogP contribution in [0.1, 0.15) is 41.4 Å².